The fourth-order valence-electron chi connectivity index (χ4n) is 2.69. The zero-order chi connectivity index (χ0) is 13.0. The van der Waals surface area contributed by atoms with E-state index in [1.165, 1.54) is 0 Å². The Bertz CT molecular complexity index is 503. The first-order valence-corrected chi connectivity index (χ1v) is 6.14. The van der Waals surface area contributed by atoms with Crippen molar-refractivity contribution >= 4 is 5.97 Å². The lowest BCUT2D eigenvalue weighted by molar-refractivity contribution is -0.173. The first kappa shape index (κ1) is 11.4. The molecule has 3 heterocycles. The minimum Gasteiger partial charge on any atom is -0.454 e. The molecule has 0 bridgehead atoms. The molecule has 3 saturated heterocycles. The molecule has 0 aromatic heterocycles. The van der Waals surface area contributed by atoms with Gasteiger partial charge in [0.2, 0.25) is 0 Å². The second-order valence-electron chi connectivity index (χ2n) is 4.79. The lowest BCUT2D eigenvalue weighted by Gasteiger charge is -2.16. The molecular formula is C13H12O6. The summed E-state index contributed by atoms with van der Waals surface area (Å²) in [4.78, 5) is 11.3. The molecule has 6 atom stereocenters. The molecule has 0 amide bonds. The van der Waals surface area contributed by atoms with E-state index in [0.717, 1.165) is 5.56 Å². The standard InChI is InChI=1S/C13H12O6/c14-7-8-9(16-11(7)15)10-13(17-8)19-12(18-10)6-4-2-1-3-5-6/h1-5,7-10,12-14H/t7-,8-,9+,10+,12?,13?/m1/s1. The van der Waals surface area contributed by atoms with Crippen LogP contribution in [0.3, 0.4) is 0 Å². The van der Waals surface area contributed by atoms with Gasteiger partial charge in [0.05, 0.1) is 0 Å². The number of carbonyl (C=O) groups excluding carboxylic acids is 1. The Balaban J connectivity index is 1.54. The number of hydrogen-bond donors (Lipinski definition) is 1. The lowest BCUT2D eigenvalue weighted by Crippen LogP contribution is -2.32. The molecule has 6 heteroatoms. The number of aliphatic hydroxyl groups excluding tert-OH is 1. The summed E-state index contributed by atoms with van der Waals surface area (Å²) in [5, 5.41) is 9.60. The molecule has 0 radical (unpaired) electrons. The molecule has 1 N–H and O–H groups in total. The highest BCUT2D eigenvalue weighted by molar-refractivity contribution is 5.78. The van der Waals surface area contributed by atoms with Crippen molar-refractivity contribution in [3.63, 3.8) is 0 Å². The lowest BCUT2D eigenvalue weighted by atomic mass is 10.1. The summed E-state index contributed by atoms with van der Waals surface area (Å²) < 4.78 is 22.0. The molecule has 100 valence electrons. The van der Waals surface area contributed by atoms with Crippen LogP contribution >= 0.6 is 0 Å². The Morgan fingerprint density at radius 1 is 0.947 bits per heavy atom. The van der Waals surface area contributed by atoms with Gasteiger partial charge in [-0.1, -0.05) is 30.3 Å². The van der Waals surface area contributed by atoms with Gasteiger partial charge in [-0.25, -0.2) is 4.79 Å². The molecule has 6 nitrogen and oxygen atoms in total. The summed E-state index contributed by atoms with van der Waals surface area (Å²) in [7, 11) is 0. The fraction of sp³-hybridized carbons (Fsp3) is 0.462. The number of fused-ring (bicyclic) bond motifs is 3. The van der Waals surface area contributed by atoms with Crippen molar-refractivity contribution < 1.29 is 28.8 Å². The number of ether oxygens (including phenoxy) is 4. The zero-order valence-corrected chi connectivity index (χ0v) is 9.84. The topological polar surface area (TPSA) is 74.2 Å². The van der Waals surface area contributed by atoms with Crippen LogP contribution in [0.4, 0.5) is 0 Å². The maximum absolute atomic E-state index is 11.3. The monoisotopic (exact) mass is 264 g/mol. The minimum absolute atomic E-state index is 0.490. The second kappa shape index (κ2) is 4.01. The molecule has 3 aliphatic rings. The quantitative estimate of drug-likeness (QED) is 0.726. The Labute approximate surface area is 108 Å². The van der Waals surface area contributed by atoms with Crippen molar-refractivity contribution in [1.29, 1.82) is 0 Å². The van der Waals surface area contributed by atoms with E-state index in [1.807, 2.05) is 30.3 Å². The van der Waals surface area contributed by atoms with Gasteiger partial charge >= 0.3 is 5.97 Å². The molecule has 1 aromatic rings. The number of hydrogen-bond acceptors (Lipinski definition) is 6. The highest BCUT2D eigenvalue weighted by Gasteiger charge is 2.61. The van der Waals surface area contributed by atoms with E-state index in [-0.39, 0.29) is 0 Å². The van der Waals surface area contributed by atoms with Crippen LogP contribution in [-0.4, -0.2) is 41.8 Å². The summed E-state index contributed by atoms with van der Waals surface area (Å²) in [6, 6.07) is 9.46. The smallest absolute Gasteiger partial charge is 0.338 e. The minimum atomic E-state index is -1.25. The predicted octanol–water partition coefficient (Wildman–Crippen LogP) is 0.112. The third-order valence-corrected chi connectivity index (χ3v) is 3.62. The molecule has 0 saturated carbocycles. The van der Waals surface area contributed by atoms with Crippen molar-refractivity contribution in [2.24, 2.45) is 0 Å². The zero-order valence-electron chi connectivity index (χ0n) is 9.84. The van der Waals surface area contributed by atoms with E-state index in [4.69, 9.17) is 18.9 Å². The Morgan fingerprint density at radius 3 is 2.53 bits per heavy atom. The van der Waals surface area contributed by atoms with Gasteiger partial charge in [0, 0.05) is 5.56 Å². The van der Waals surface area contributed by atoms with Gasteiger partial charge in [-0.05, 0) is 0 Å². The van der Waals surface area contributed by atoms with Crippen LogP contribution < -0.4 is 0 Å². The summed E-state index contributed by atoms with van der Waals surface area (Å²) in [5.41, 5.74) is 0.877. The predicted molar refractivity (Wildman–Crippen MR) is 59.7 cm³/mol. The molecule has 3 aliphatic heterocycles. The largest absolute Gasteiger partial charge is 0.454 e. The van der Waals surface area contributed by atoms with Crippen LogP contribution in [0.5, 0.6) is 0 Å². The van der Waals surface area contributed by atoms with Crippen LogP contribution in [-0.2, 0) is 23.7 Å². The summed E-state index contributed by atoms with van der Waals surface area (Å²) >= 11 is 0. The summed E-state index contributed by atoms with van der Waals surface area (Å²) in [6.07, 6.45) is -4.17. The number of carbonyl (C=O) groups is 1. The fourth-order valence-corrected chi connectivity index (χ4v) is 2.69. The van der Waals surface area contributed by atoms with Crippen LogP contribution in [0.15, 0.2) is 30.3 Å². The molecule has 0 aliphatic carbocycles. The van der Waals surface area contributed by atoms with Gasteiger partial charge in [-0.3, -0.25) is 0 Å². The summed E-state index contributed by atoms with van der Waals surface area (Å²) in [6.45, 7) is 0. The normalized spacial score (nSPS) is 43.9. The number of benzene rings is 1. The van der Waals surface area contributed by atoms with Gasteiger partial charge in [-0.15, -0.1) is 0 Å². The van der Waals surface area contributed by atoms with Gasteiger partial charge in [0.1, 0.15) is 6.10 Å². The van der Waals surface area contributed by atoms with Crippen molar-refractivity contribution in [2.45, 2.75) is 37.0 Å². The average molecular weight is 264 g/mol. The Morgan fingerprint density at radius 2 is 1.74 bits per heavy atom. The van der Waals surface area contributed by atoms with Crippen molar-refractivity contribution in [1.82, 2.24) is 0 Å². The second-order valence-corrected chi connectivity index (χ2v) is 4.79. The van der Waals surface area contributed by atoms with E-state index < -0.39 is 43.0 Å². The maximum atomic E-state index is 11.3. The molecule has 2 unspecified atom stereocenters. The van der Waals surface area contributed by atoms with Crippen molar-refractivity contribution in [3.05, 3.63) is 35.9 Å². The number of esters is 1. The summed E-state index contributed by atoms with van der Waals surface area (Å²) in [5.74, 6) is -0.666. The number of rotatable bonds is 1. The molecule has 19 heavy (non-hydrogen) atoms. The van der Waals surface area contributed by atoms with E-state index in [1.54, 1.807) is 0 Å². The van der Waals surface area contributed by atoms with Crippen molar-refractivity contribution in [3.8, 4) is 0 Å². The number of aliphatic hydroxyl groups is 1. The third kappa shape index (κ3) is 1.61. The van der Waals surface area contributed by atoms with Gasteiger partial charge in [-0.2, -0.15) is 0 Å². The third-order valence-electron chi connectivity index (χ3n) is 3.62. The Kier molecular flexibility index (Phi) is 2.40. The van der Waals surface area contributed by atoms with E-state index >= 15 is 0 Å². The SMILES string of the molecule is O=C1O[C@H]2[C@H](OC3OC(c4ccccc4)O[C@H]32)[C@H]1O. The van der Waals surface area contributed by atoms with Crippen LogP contribution in [0.1, 0.15) is 11.9 Å². The molecule has 1 aromatic carbocycles. The van der Waals surface area contributed by atoms with E-state index in [0.29, 0.717) is 0 Å². The first-order valence-electron chi connectivity index (χ1n) is 6.14. The van der Waals surface area contributed by atoms with Gasteiger partial charge in [0.25, 0.3) is 0 Å². The maximum Gasteiger partial charge on any atom is 0.338 e. The Hall–Kier alpha value is -1.47. The van der Waals surface area contributed by atoms with Gasteiger partial charge in [0.15, 0.2) is 30.9 Å². The van der Waals surface area contributed by atoms with Crippen LogP contribution in [0.2, 0.25) is 0 Å². The van der Waals surface area contributed by atoms with Crippen molar-refractivity contribution in [2.75, 3.05) is 0 Å². The average Bonchev–Trinajstić information content (AvgIpc) is 3.05. The van der Waals surface area contributed by atoms with Crippen LogP contribution in [0, 0.1) is 0 Å². The first-order chi connectivity index (χ1) is 9.24. The molecular weight excluding hydrogens is 252 g/mol. The van der Waals surface area contributed by atoms with Crippen LogP contribution in [0.25, 0.3) is 0 Å². The molecule has 4 rings (SSSR count). The highest BCUT2D eigenvalue weighted by atomic mass is 16.8. The van der Waals surface area contributed by atoms with Gasteiger partial charge < -0.3 is 24.1 Å². The van der Waals surface area contributed by atoms with E-state index in [2.05, 4.69) is 0 Å². The highest BCUT2D eigenvalue weighted by Crippen LogP contribution is 2.43. The van der Waals surface area contributed by atoms with E-state index in [9.17, 15) is 9.90 Å². The molecule has 0 spiro atoms. The molecule has 3 fully saturated rings.